The van der Waals surface area contributed by atoms with Crippen molar-refractivity contribution in [3.05, 3.63) is 12.7 Å². The molecule has 0 aromatic heterocycles. The molecule has 114 valence electrons. The third-order valence-corrected chi connectivity index (χ3v) is 2.07. The first-order valence-electron chi connectivity index (χ1n) is 5.40. The van der Waals surface area contributed by atoms with Crippen molar-refractivity contribution in [3.8, 4) is 0 Å². The zero-order chi connectivity index (χ0) is 15.5. The molecular formula is C10H20O8S. The molecule has 0 aliphatic heterocycles. The van der Waals surface area contributed by atoms with Crippen molar-refractivity contribution in [3.63, 3.8) is 0 Å². The number of aliphatic hydroxyl groups is 2. The molecule has 3 N–H and O–H groups in total. The summed E-state index contributed by atoms with van der Waals surface area (Å²) in [5.74, 6) is -1.66. The minimum atomic E-state index is -4.99. The van der Waals surface area contributed by atoms with Gasteiger partial charge in [-0.2, -0.15) is 8.42 Å². The normalized spacial score (nSPS) is 13.7. The summed E-state index contributed by atoms with van der Waals surface area (Å²) in [5.41, 5.74) is -2.41. The Labute approximate surface area is 112 Å². The highest BCUT2D eigenvalue weighted by atomic mass is 32.3. The van der Waals surface area contributed by atoms with Crippen molar-refractivity contribution in [1.82, 2.24) is 0 Å². The van der Waals surface area contributed by atoms with Gasteiger partial charge in [0.2, 0.25) is 0 Å². The third kappa shape index (κ3) is 10.6. The molecule has 1 unspecified atom stereocenters. The van der Waals surface area contributed by atoms with Crippen LogP contribution in [-0.2, 0) is 24.1 Å². The van der Waals surface area contributed by atoms with Crippen LogP contribution in [0.15, 0.2) is 12.7 Å². The highest BCUT2D eigenvalue weighted by molar-refractivity contribution is 7.81. The fourth-order valence-electron chi connectivity index (χ4n) is 0.829. The van der Waals surface area contributed by atoms with Crippen molar-refractivity contribution in [1.29, 1.82) is 0 Å². The molecule has 8 nitrogen and oxygen atoms in total. The maximum Gasteiger partial charge on any atom is 0.449 e. The first-order chi connectivity index (χ1) is 8.66. The summed E-state index contributed by atoms with van der Waals surface area (Å²) in [6, 6.07) is 0. The van der Waals surface area contributed by atoms with Gasteiger partial charge >= 0.3 is 16.4 Å². The van der Waals surface area contributed by atoms with Gasteiger partial charge in [0.05, 0.1) is 6.61 Å². The lowest BCUT2D eigenvalue weighted by Crippen LogP contribution is -2.44. The molecule has 0 aliphatic rings. The molecule has 1 atom stereocenters. The van der Waals surface area contributed by atoms with E-state index in [-0.39, 0.29) is 0 Å². The van der Waals surface area contributed by atoms with Gasteiger partial charge in [-0.15, -0.1) is 6.58 Å². The standard InChI is InChI=1S/C6H10O7S.C4H10O/c1-2-3-6(9,4-7)5(8)13-14(10,11)12;1-3-5-4-2/h2,7,9H,1,3-4H2,(H,10,11,12);3-4H2,1-2H3. The molecule has 0 aromatic carbocycles. The first-order valence-corrected chi connectivity index (χ1v) is 6.76. The van der Waals surface area contributed by atoms with Gasteiger partial charge in [0.15, 0.2) is 5.60 Å². The van der Waals surface area contributed by atoms with Crippen LogP contribution in [0.5, 0.6) is 0 Å². The molecule has 0 heterocycles. The topological polar surface area (TPSA) is 130 Å². The van der Waals surface area contributed by atoms with Gasteiger partial charge in [-0.25, -0.2) is 4.79 Å². The Balaban J connectivity index is 0. The lowest BCUT2D eigenvalue weighted by Gasteiger charge is -2.20. The second kappa shape index (κ2) is 9.87. The van der Waals surface area contributed by atoms with Gasteiger partial charge in [0, 0.05) is 19.6 Å². The fraction of sp³-hybridized carbons (Fsp3) is 0.700. The Morgan fingerprint density at radius 2 is 1.84 bits per heavy atom. The van der Waals surface area contributed by atoms with E-state index in [1.807, 2.05) is 13.8 Å². The molecule has 0 amide bonds. The van der Waals surface area contributed by atoms with Crippen LogP contribution in [0, 0.1) is 0 Å². The average Bonchev–Trinajstić information content (AvgIpc) is 2.29. The van der Waals surface area contributed by atoms with E-state index in [2.05, 4.69) is 10.8 Å². The van der Waals surface area contributed by atoms with E-state index in [1.165, 1.54) is 0 Å². The number of hydrogen-bond donors (Lipinski definition) is 3. The van der Waals surface area contributed by atoms with E-state index in [0.717, 1.165) is 19.3 Å². The number of aliphatic hydroxyl groups excluding tert-OH is 1. The van der Waals surface area contributed by atoms with Crippen LogP contribution in [0.3, 0.4) is 0 Å². The molecule has 0 saturated carbocycles. The van der Waals surface area contributed by atoms with Crippen LogP contribution in [0.2, 0.25) is 0 Å². The quantitative estimate of drug-likeness (QED) is 0.430. The molecule has 9 heteroatoms. The van der Waals surface area contributed by atoms with Crippen molar-refractivity contribution < 1.29 is 36.9 Å². The number of hydrogen-bond acceptors (Lipinski definition) is 7. The number of ether oxygens (including phenoxy) is 1. The Bertz CT molecular complexity index is 362. The van der Waals surface area contributed by atoms with E-state index in [0.29, 0.717) is 0 Å². The smallest absolute Gasteiger partial charge is 0.393 e. The van der Waals surface area contributed by atoms with Crippen molar-refractivity contribution >= 4 is 16.4 Å². The Morgan fingerprint density at radius 3 is 2.05 bits per heavy atom. The molecule has 0 spiro atoms. The molecule has 0 rings (SSSR count). The van der Waals surface area contributed by atoms with Crippen LogP contribution in [0.25, 0.3) is 0 Å². The van der Waals surface area contributed by atoms with E-state index in [1.54, 1.807) is 0 Å². The maximum absolute atomic E-state index is 10.9. The van der Waals surface area contributed by atoms with Crippen LogP contribution in [0.4, 0.5) is 0 Å². The molecule has 0 fully saturated rings. The monoisotopic (exact) mass is 300 g/mol. The van der Waals surface area contributed by atoms with Crippen molar-refractivity contribution in [2.75, 3.05) is 19.8 Å². The third-order valence-electron chi connectivity index (χ3n) is 1.71. The van der Waals surface area contributed by atoms with E-state index in [9.17, 15) is 18.3 Å². The van der Waals surface area contributed by atoms with E-state index < -0.39 is 35.0 Å². The number of carbonyl (C=O) groups is 1. The summed E-state index contributed by atoms with van der Waals surface area (Å²) >= 11 is 0. The predicted octanol–water partition coefficient (Wildman–Crippen LogP) is -0.325. The zero-order valence-corrected chi connectivity index (χ0v) is 11.7. The first kappa shape index (κ1) is 20.3. The lowest BCUT2D eigenvalue weighted by molar-refractivity contribution is -0.159. The summed E-state index contributed by atoms with van der Waals surface area (Å²) in [5, 5.41) is 17.9. The van der Waals surface area contributed by atoms with Gasteiger partial charge in [0.25, 0.3) is 0 Å². The largest absolute Gasteiger partial charge is 0.449 e. The molecule has 0 radical (unpaired) electrons. The van der Waals surface area contributed by atoms with Crippen LogP contribution >= 0.6 is 0 Å². The second-order valence-corrected chi connectivity index (χ2v) is 4.28. The Kier molecular flexibility index (Phi) is 10.6. The minimum Gasteiger partial charge on any atom is -0.393 e. The van der Waals surface area contributed by atoms with Gasteiger partial charge in [-0.3, -0.25) is 4.55 Å². The molecule has 0 aromatic rings. The molecule has 0 saturated heterocycles. The van der Waals surface area contributed by atoms with E-state index >= 15 is 0 Å². The molecule has 0 aliphatic carbocycles. The highest BCUT2D eigenvalue weighted by Crippen LogP contribution is 2.13. The molecule has 19 heavy (non-hydrogen) atoms. The van der Waals surface area contributed by atoms with Gasteiger partial charge in [-0.1, -0.05) is 6.08 Å². The summed E-state index contributed by atoms with van der Waals surface area (Å²) in [7, 11) is -4.99. The predicted molar refractivity (Wildman–Crippen MR) is 66.7 cm³/mol. The maximum atomic E-state index is 10.9. The fourth-order valence-corrected chi connectivity index (χ4v) is 1.17. The SMILES string of the molecule is C=CCC(O)(CO)C(=O)OS(=O)(=O)O.CCOCC. The molecule has 0 bridgehead atoms. The van der Waals surface area contributed by atoms with Gasteiger partial charge < -0.3 is 19.1 Å². The van der Waals surface area contributed by atoms with Crippen molar-refractivity contribution in [2.45, 2.75) is 25.9 Å². The average molecular weight is 300 g/mol. The molecular weight excluding hydrogens is 280 g/mol. The number of rotatable bonds is 7. The zero-order valence-electron chi connectivity index (χ0n) is 10.9. The van der Waals surface area contributed by atoms with Crippen LogP contribution < -0.4 is 0 Å². The Morgan fingerprint density at radius 1 is 1.37 bits per heavy atom. The Hall–Kier alpha value is -1.00. The van der Waals surface area contributed by atoms with Gasteiger partial charge in [0.1, 0.15) is 0 Å². The lowest BCUT2D eigenvalue weighted by atomic mass is 10.0. The minimum absolute atomic E-state index is 0.405. The number of carbonyl (C=O) groups excluding carboxylic acids is 1. The van der Waals surface area contributed by atoms with E-state index in [4.69, 9.17) is 14.4 Å². The summed E-state index contributed by atoms with van der Waals surface area (Å²) < 4.78 is 36.6. The summed E-state index contributed by atoms with van der Waals surface area (Å²) in [6.45, 7) is 7.80. The van der Waals surface area contributed by atoms with Crippen LogP contribution in [-0.4, -0.2) is 54.6 Å². The summed E-state index contributed by atoms with van der Waals surface area (Å²) in [4.78, 5) is 10.9. The van der Waals surface area contributed by atoms with Crippen LogP contribution in [0.1, 0.15) is 20.3 Å². The van der Waals surface area contributed by atoms with Gasteiger partial charge in [-0.05, 0) is 13.8 Å². The second-order valence-electron chi connectivity index (χ2n) is 3.26. The van der Waals surface area contributed by atoms with Crippen molar-refractivity contribution in [2.24, 2.45) is 0 Å². The highest BCUT2D eigenvalue weighted by Gasteiger charge is 2.38. The summed E-state index contributed by atoms with van der Waals surface area (Å²) in [6.07, 6.45) is 0.680.